The number of carbonyl (C=O) groups excluding carboxylic acids is 2. The molecule has 0 aliphatic heterocycles. The molecule has 1 aliphatic carbocycles. The number of hydrogen-bond acceptors (Lipinski definition) is 6. The summed E-state index contributed by atoms with van der Waals surface area (Å²) in [5.41, 5.74) is 2.23. The van der Waals surface area contributed by atoms with Crippen LogP contribution in [0.25, 0.3) is 16.9 Å². The largest absolute Gasteiger partial charge is 0.496 e. The molecule has 0 unspecified atom stereocenters. The number of amides is 1. The SMILES string of the molecule is COc1ccc(Cl)cc1-c1nn(CC(=O)C2CC2)cc1NC(=O)c1cnn2cccnc12. The molecule has 162 valence electrons. The zero-order chi connectivity index (χ0) is 22.2. The monoisotopic (exact) mass is 450 g/mol. The van der Waals surface area contributed by atoms with Crippen LogP contribution in [0.4, 0.5) is 5.69 Å². The van der Waals surface area contributed by atoms with Gasteiger partial charge in [-0.2, -0.15) is 10.2 Å². The molecule has 3 heterocycles. The van der Waals surface area contributed by atoms with Gasteiger partial charge in [0.2, 0.25) is 0 Å². The number of aromatic nitrogens is 5. The van der Waals surface area contributed by atoms with E-state index < -0.39 is 5.91 Å². The van der Waals surface area contributed by atoms with Crippen LogP contribution in [-0.2, 0) is 11.3 Å². The highest BCUT2D eigenvalue weighted by Crippen LogP contribution is 2.37. The van der Waals surface area contributed by atoms with Crippen LogP contribution < -0.4 is 10.1 Å². The number of ether oxygens (including phenoxy) is 1. The standard InChI is InChI=1S/C22H19ClN6O3/c1-32-19-6-5-14(23)9-15(19)20-17(11-28(27-20)12-18(30)13-3-4-13)26-22(31)16-10-25-29-8-2-7-24-21(16)29/h2,5-11,13H,3-4,12H2,1H3,(H,26,31). The zero-order valence-corrected chi connectivity index (χ0v) is 17.9. The van der Waals surface area contributed by atoms with Crippen molar-refractivity contribution in [1.29, 1.82) is 0 Å². The molecule has 0 bridgehead atoms. The van der Waals surface area contributed by atoms with Gasteiger partial charge >= 0.3 is 0 Å². The van der Waals surface area contributed by atoms with E-state index in [2.05, 4.69) is 20.5 Å². The normalized spacial score (nSPS) is 13.3. The summed E-state index contributed by atoms with van der Waals surface area (Å²) < 4.78 is 8.54. The van der Waals surface area contributed by atoms with E-state index in [9.17, 15) is 9.59 Å². The van der Waals surface area contributed by atoms with Crippen molar-refractivity contribution in [2.45, 2.75) is 19.4 Å². The number of nitrogens with zero attached hydrogens (tertiary/aromatic N) is 5. The van der Waals surface area contributed by atoms with Crippen molar-refractivity contribution in [2.24, 2.45) is 5.92 Å². The maximum atomic E-state index is 13.1. The van der Waals surface area contributed by atoms with Gasteiger partial charge in [-0.15, -0.1) is 0 Å². The van der Waals surface area contributed by atoms with Crippen molar-refractivity contribution in [1.82, 2.24) is 24.4 Å². The Morgan fingerprint density at radius 2 is 2.16 bits per heavy atom. The minimum atomic E-state index is -0.394. The average Bonchev–Trinajstić information content (AvgIpc) is 3.44. The lowest BCUT2D eigenvalue weighted by Gasteiger charge is -2.09. The topological polar surface area (TPSA) is 103 Å². The van der Waals surface area contributed by atoms with Crippen molar-refractivity contribution in [3.05, 3.63) is 59.6 Å². The number of rotatable bonds is 7. The van der Waals surface area contributed by atoms with Crippen LogP contribution in [0.1, 0.15) is 23.2 Å². The second-order valence-corrected chi connectivity index (χ2v) is 8.01. The van der Waals surface area contributed by atoms with Gasteiger partial charge in [0.1, 0.15) is 17.0 Å². The molecule has 32 heavy (non-hydrogen) atoms. The predicted octanol–water partition coefficient (Wildman–Crippen LogP) is 3.49. The van der Waals surface area contributed by atoms with Crippen LogP contribution in [0.5, 0.6) is 5.75 Å². The van der Waals surface area contributed by atoms with Crippen LogP contribution in [-0.4, -0.2) is 43.2 Å². The lowest BCUT2D eigenvalue weighted by molar-refractivity contribution is -0.120. The molecule has 0 atom stereocenters. The van der Waals surface area contributed by atoms with Crippen molar-refractivity contribution in [3.8, 4) is 17.0 Å². The lowest BCUT2D eigenvalue weighted by Crippen LogP contribution is -2.13. The third-order valence-corrected chi connectivity index (χ3v) is 5.54. The summed E-state index contributed by atoms with van der Waals surface area (Å²) in [4.78, 5) is 29.7. The molecule has 4 aromatic rings. The molecule has 1 saturated carbocycles. The van der Waals surface area contributed by atoms with Crippen molar-refractivity contribution < 1.29 is 14.3 Å². The summed E-state index contributed by atoms with van der Waals surface area (Å²) in [5.74, 6) is 0.378. The van der Waals surface area contributed by atoms with E-state index in [4.69, 9.17) is 16.3 Å². The molecule has 0 saturated heterocycles. The van der Waals surface area contributed by atoms with Crippen LogP contribution in [0.15, 0.2) is 49.1 Å². The van der Waals surface area contributed by atoms with Crippen LogP contribution >= 0.6 is 11.6 Å². The quantitative estimate of drug-likeness (QED) is 0.462. The molecule has 0 radical (unpaired) electrons. The third kappa shape index (κ3) is 3.82. The van der Waals surface area contributed by atoms with Gasteiger partial charge in [0.25, 0.3) is 5.91 Å². The number of methoxy groups -OCH3 is 1. The highest BCUT2D eigenvalue weighted by atomic mass is 35.5. The Bertz CT molecular complexity index is 1340. The summed E-state index contributed by atoms with van der Waals surface area (Å²) in [6, 6.07) is 6.88. The van der Waals surface area contributed by atoms with Gasteiger partial charge in [0.05, 0.1) is 25.5 Å². The smallest absolute Gasteiger partial charge is 0.261 e. The molecule has 5 rings (SSSR count). The fourth-order valence-electron chi connectivity index (χ4n) is 3.53. The number of benzene rings is 1. The second-order valence-electron chi connectivity index (χ2n) is 7.57. The summed E-state index contributed by atoms with van der Waals surface area (Å²) in [6.07, 6.45) is 8.24. The Kier molecular flexibility index (Phi) is 5.10. The average molecular weight is 451 g/mol. The van der Waals surface area contributed by atoms with Gasteiger partial charge in [-0.3, -0.25) is 14.3 Å². The molecule has 1 aliphatic rings. The van der Waals surface area contributed by atoms with E-state index >= 15 is 0 Å². The summed E-state index contributed by atoms with van der Waals surface area (Å²) in [7, 11) is 1.54. The van der Waals surface area contributed by atoms with E-state index in [-0.39, 0.29) is 18.2 Å². The molecule has 1 amide bonds. The van der Waals surface area contributed by atoms with Crippen molar-refractivity contribution in [3.63, 3.8) is 0 Å². The Morgan fingerprint density at radius 1 is 1.31 bits per heavy atom. The third-order valence-electron chi connectivity index (χ3n) is 5.30. The Hall–Kier alpha value is -3.72. The van der Waals surface area contributed by atoms with Gasteiger partial charge in [-0.25, -0.2) is 9.50 Å². The number of anilines is 1. The molecule has 3 aromatic heterocycles. The van der Waals surface area contributed by atoms with Crippen LogP contribution in [0, 0.1) is 5.92 Å². The van der Waals surface area contributed by atoms with Crippen molar-refractivity contribution >= 4 is 34.6 Å². The van der Waals surface area contributed by atoms with E-state index in [1.165, 1.54) is 10.7 Å². The number of fused-ring (bicyclic) bond motifs is 1. The first-order chi connectivity index (χ1) is 15.5. The van der Waals surface area contributed by atoms with Crippen LogP contribution in [0.3, 0.4) is 0 Å². The first-order valence-electron chi connectivity index (χ1n) is 10.1. The summed E-state index contributed by atoms with van der Waals surface area (Å²) >= 11 is 6.22. The zero-order valence-electron chi connectivity index (χ0n) is 17.2. The molecule has 10 heteroatoms. The molecular formula is C22H19ClN6O3. The molecule has 1 N–H and O–H groups in total. The Balaban J connectivity index is 1.54. The number of Topliss-reactive ketones (excluding diaryl/α,β-unsaturated/α-hetero) is 1. The maximum Gasteiger partial charge on any atom is 0.261 e. The predicted molar refractivity (Wildman–Crippen MR) is 118 cm³/mol. The lowest BCUT2D eigenvalue weighted by atomic mass is 10.1. The molecular weight excluding hydrogens is 432 g/mol. The number of hydrogen-bond donors (Lipinski definition) is 1. The summed E-state index contributed by atoms with van der Waals surface area (Å²) in [5, 5.41) is 12.1. The van der Waals surface area contributed by atoms with E-state index in [0.717, 1.165) is 12.8 Å². The van der Waals surface area contributed by atoms with Crippen molar-refractivity contribution in [2.75, 3.05) is 12.4 Å². The van der Waals surface area contributed by atoms with Gasteiger partial charge in [0, 0.05) is 35.1 Å². The number of halogens is 1. The fourth-order valence-corrected chi connectivity index (χ4v) is 3.70. The van der Waals surface area contributed by atoms with Gasteiger partial charge in [-0.1, -0.05) is 11.6 Å². The van der Waals surface area contributed by atoms with E-state index in [1.54, 1.807) is 54.6 Å². The Labute approximate surface area is 188 Å². The highest BCUT2D eigenvalue weighted by Gasteiger charge is 2.30. The van der Waals surface area contributed by atoms with Gasteiger partial charge in [-0.05, 0) is 37.1 Å². The fraction of sp³-hybridized carbons (Fsp3) is 0.227. The molecule has 0 spiro atoms. The van der Waals surface area contributed by atoms with Crippen LogP contribution in [0.2, 0.25) is 5.02 Å². The second kappa shape index (κ2) is 8.08. The minimum Gasteiger partial charge on any atom is -0.496 e. The number of ketones is 1. The number of carbonyl (C=O) groups is 2. The molecule has 1 fully saturated rings. The summed E-state index contributed by atoms with van der Waals surface area (Å²) in [6.45, 7) is 0.134. The molecule has 9 nitrogen and oxygen atoms in total. The van der Waals surface area contributed by atoms with Gasteiger partial charge in [0.15, 0.2) is 11.4 Å². The first-order valence-corrected chi connectivity index (χ1v) is 10.4. The van der Waals surface area contributed by atoms with E-state index in [0.29, 0.717) is 38.9 Å². The van der Waals surface area contributed by atoms with Gasteiger partial charge < -0.3 is 10.1 Å². The maximum absolute atomic E-state index is 13.1. The first kappa shape index (κ1) is 20.2. The highest BCUT2D eigenvalue weighted by molar-refractivity contribution is 6.31. The Morgan fingerprint density at radius 3 is 2.94 bits per heavy atom. The van der Waals surface area contributed by atoms with E-state index in [1.807, 2.05) is 0 Å². The minimum absolute atomic E-state index is 0.103. The molecule has 1 aromatic carbocycles. The number of nitrogens with one attached hydrogen (secondary N) is 1.